The van der Waals surface area contributed by atoms with Crippen LogP contribution in [0.2, 0.25) is 0 Å². The van der Waals surface area contributed by atoms with Gasteiger partial charge in [-0.1, -0.05) is 33.1 Å². The average molecular weight is 269 g/mol. The summed E-state index contributed by atoms with van der Waals surface area (Å²) in [7, 11) is 0. The minimum atomic E-state index is 0.147. The van der Waals surface area contributed by atoms with Crippen molar-refractivity contribution in [1.82, 2.24) is 3.53 Å². The molecular formula is C8H16INO. The minimum absolute atomic E-state index is 0.147. The molecule has 0 fully saturated rings. The lowest BCUT2D eigenvalue weighted by molar-refractivity contribution is -0.119. The molecule has 1 amide bonds. The summed E-state index contributed by atoms with van der Waals surface area (Å²) in [4.78, 5) is 10.9. The van der Waals surface area contributed by atoms with Crippen LogP contribution in [0.3, 0.4) is 0 Å². The number of amides is 1. The summed E-state index contributed by atoms with van der Waals surface area (Å²) in [6.07, 6.45) is 4.29. The Morgan fingerprint density at radius 3 is 2.73 bits per heavy atom. The van der Waals surface area contributed by atoms with Gasteiger partial charge in [0, 0.05) is 6.42 Å². The largest absolute Gasteiger partial charge is 0.299 e. The van der Waals surface area contributed by atoms with Gasteiger partial charge in [0.2, 0.25) is 5.91 Å². The quantitative estimate of drug-likeness (QED) is 0.603. The van der Waals surface area contributed by atoms with E-state index < -0.39 is 0 Å². The van der Waals surface area contributed by atoms with Crippen LogP contribution in [0.4, 0.5) is 0 Å². The number of hydrogen-bond acceptors (Lipinski definition) is 1. The van der Waals surface area contributed by atoms with Crippen molar-refractivity contribution in [3.63, 3.8) is 0 Å². The topological polar surface area (TPSA) is 29.1 Å². The van der Waals surface area contributed by atoms with E-state index in [4.69, 9.17) is 0 Å². The fraction of sp³-hybridized carbons (Fsp3) is 0.875. The highest BCUT2D eigenvalue weighted by Crippen LogP contribution is 2.11. The van der Waals surface area contributed by atoms with Crippen molar-refractivity contribution < 1.29 is 4.79 Å². The van der Waals surface area contributed by atoms with Crippen molar-refractivity contribution in [2.24, 2.45) is 5.92 Å². The summed E-state index contributed by atoms with van der Waals surface area (Å²) >= 11 is 1.88. The molecule has 1 atom stereocenters. The van der Waals surface area contributed by atoms with Crippen LogP contribution in [-0.4, -0.2) is 5.91 Å². The van der Waals surface area contributed by atoms with Crippen LogP contribution < -0.4 is 3.53 Å². The molecule has 0 heterocycles. The standard InChI is InChI=1S/C8H16INO/c1-3-4-5-7(2)6-8(11)10-9/h7H,3-6H2,1-2H3,(H,10,11)/t7-/m1/s1. The number of unbranched alkanes of at least 4 members (excludes halogenated alkanes) is 1. The second kappa shape index (κ2) is 6.88. The van der Waals surface area contributed by atoms with Gasteiger partial charge in [-0.05, 0) is 5.92 Å². The monoisotopic (exact) mass is 269 g/mol. The Hall–Kier alpha value is 0.200. The highest BCUT2D eigenvalue weighted by Gasteiger charge is 2.06. The Balaban J connectivity index is 3.35. The summed E-state index contributed by atoms with van der Waals surface area (Å²) in [6, 6.07) is 0. The van der Waals surface area contributed by atoms with E-state index in [1.807, 2.05) is 22.9 Å². The maximum Gasteiger partial charge on any atom is 0.228 e. The summed E-state index contributed by atoms with van der Waals surface area (Å²) in [5.41, 5.74) is 0. The molecule has 11 heavy (non-hydrogen) atoms. The van der Waals surface area contributed by atoms with Gasteiger partial charge in [-0.2, -0.15) is 0 Å². The molecule has 0 aromatic rings. The number of hydrogen-bond donors (Lipinski definition) is 1. The minimum Gasteiger partial charge on any atom is -0.299 e. The van der Waals surface area contributed by atoms with Gasteiger partial charge in [-0.15, -0.1) is 0 Å². The van der Waals surface area contributed by atoms with E-state index in [9.17, 15) is 4.79 Å². The van der Waals surface area contributed by atoms with Gasteiger partial charge in [0.15, 0.2) is 0 Å². The summed E-state index contributed by atoms with van der Waals surface area (Å²) in [5.74, 6) is 0.680. The fourth-order valence-corrected chi connectivity index (χ4v) is 1.23. The number of nitrogens with one attached hydrogen (secondary N) is 1. The second-order valence-electron chi connectivity index (χ2n) is 2.97. The van der Waals surface area contributed by atoms with E-state index in [1.165, 1.54) is 19.3 Å². The predicted octanol–water partition coefficient (Wildman–Crippen LogP) is 2.67. The van der Waals surface area contributed by atoms with E-state index in [0.717, 1.165) is 0 Å². The van der Waals surface area contributed by atoms with Crippen molar-refractivity contribution in [1.29, 1.82) is 0 Å². The van der Waals surface area contributed by atoms with Crippen molar-refractivity contribution >= 4 is 28.8 Å². The molecule has 66 valence electrons. The van der Waals surface area contributed by atoms with E-state index in [2.05, 4.69) is 17.4 Å². The Morgan fingerprint density at radius 2 is 2.27 bits per heavy atom. The van der Waals surface area contributed by atoms with Crippen LogP contribution in [0, 0.1) is 5.92 Å². The van der Waals surface area contributed by atoms with Crippen LogP contribution in [0.5, 0.6) is 0 Å². The number of carbonyl (C=O) groups excluding carboxylic acids is 1. The zero-order valence-corrected chi connectivity index (χ0v) is 9.35. The molecule has 0 aliphatic rings. The SMILES string of the molecule is CCCC[C@@H](C)CC(=O)NI. The second-order valence-corrected chi connectivity index (χ2v) is 3.51. The zero-order chi connectivity index (χ0) is 8.69. The summed E-state index contributed by atoms with van der Waals surface area (Å²) in [5, 5.41) is 0. The molecule has 0 saturated carbocycles. The van der Waals surface area contributed by atoms with Crippen LogP contribution in [0.1, 0.15) is 39.5 Å². The highest BCUT2D eigenvalue weighted by atomic mass is 127. The molecule has 0 aromatic carbocycles. The molecular weight excluding hydrogens is 253 g/mol. The maximum absolute atomic E-state index is 10.9. The molecule has 3 heteroatoms. The number of halogens is 1. The Labute approximate surface area is 82.6 Å². The van der Waals surface area contributed by atoms with Crippen LogP contribution in [0.15, 0.2) is 0 Å². The molecule has 0 bridgehead atoms. The van der Waals surface area contributed by atoms with Crippen molar-refractivity contribution in [3.8, 4) is 0 Å². The van der Waals surface area contributed by atoms with Gasteiger partial charge < -0.3 is 0 Å². The van der Waals surface area contributed by atoms with Gasteiger partial charge >= 0.3 is 0 Å². The molecule has 0 radical (unpaired) electrons. The van der Waals surface area contributed by atoms with E-state index in [1.54, 1.807) is 0 Å². The van der Waals surface area contributed by atoms with Gasteiger partial charge in [0.1, 0.15) is 0 Å². The molecule has 0 unspecified atom stereocenters. The average Bonchev–Trinajstić information content (AvgIpc) is 2.00. The third kappa shape index (κ3) is 6.59. The third-order valence-electron chi connectivity index (χ3n) is 1.69. The van der Waals surface area contributed by atoms with Crippen LogP contribution in [-0.2, 0) is 4.79 Å². The lowest BCUT2D eigenvalue weighted by Gasteiger charge is -2.07. The first-order valence-electron chi connectivity index (χ1n) is 4.10. The molecule has 0 aliphatic heterocycles. The number of rotatable bonds is 5. The smallest absolute Gasteiger partial charge is 0.228 e. The molecule has 0 spiro atoms. The molecule has 0 aromatic heterocycles. The van der Waals surface area contributed by atoms with Crippen molar-refractivity contribution in [3.05, 3.63) is 0 Å². The van der Waals surface area contributed by atoms with Crippen molar-refractivity contribution in [2.45, 2.75) is 39.5 Å². The molecule has 0 rings (SSSR count). The molecule has 0 aliphatic carbocycles. The lowest BCUT2D eigenvalue weighted by atomic mass is 10.0. The first-order valence-corrected chi connectivity index (χ1v) is 5.18. The highest BCUT2D eigenvalue weighted by molar-refractivity contribution is 14.1. The van der Waals surface area contributed by atoms with Gasteiger partial charge in [0.05, 0.1) is 22.9 Å². The first kappa shape index (κ1) is 11.2. The summed E-state index contributed by atoms with van der Waals surface area (Å²) in [6.45, 7) is 4.30. The van der Waals surface area contributed by atoms with E-state index >= 15 is 0 Å². The summed E-state index contributed by atoms with van der Waals surface area (Å²) < 4.78 is 2.60. The molecule has 2 nitrogen and oxygen atoms in total. The van der Waals surface area contributed by atoms with Crippen LogP contribution >= 0.6 is 22.9 Å². The Morgan fingerprint density at radius 1 is 1.64 bits per heavy atom. The van der Waals surface area contributed by atoms with E-state index in [-0.39, 0.29) is 5.91 Å². The molecule has 1 N–H and O–H groups in total. The first-order chi connectivity index (χ1) is 5.20. The lowest BCUT2D eigenvalue weighted by Crippen LogP contribution is -2.14. The van der Waals surface area contributed by atoms with Gasteiger partial charge in [-0.3, -0.25) is 8.32 Å². The predicted molar refractivity (Wildman–Crippen MR) is 55.5 cm³/mol. The van der Waals surface area contributed by atoms with E-state index in [0.29, 0.717) is 12.3 Å². The molecule has 0 saturated heterocycles. The maximum atomic E-state index is 10.9. The normalized spacial score (nSPS) is 12.6. The van der Waals surface area contributed by atoms with Gasteiger partial charge in [0.25, 0.3) is 0 Å². The Kier molecular flexibility index (Phi) is 7.01. The Bertz CT molecular complexity index is 117. The van der Waals surface area contributed by atoms with Gasteiger partial charge in [-0.25, -0.2) is 0 Å². The zero-order valence-electron chi connectivity index (χ0n) is 7.19. The van der Waals surface area contributed by atoms with Crippen molar-refractivity contribution in [2.75, 3.05) is 0 Å². The third-order valence-corrected chi connectivity index (χ3v) is 2.29. The fourth-order valence-electron chi connectivity index (χ4n) is 1.01. The van der Waals surface area contributed by atoms with Crippen LogP contribution in [0.25, 0.3) is 0 Å². The number of carbonyl (C=O) groups is 1.